The van der Waals surface area contributed by atoms with Gasteiger partial charge >= 0.3 is 0 Å². The zero-order chi connectivity index (χ0) is 24.5. The van der Waals surface area contributed by atoms with Crippen molar-refractivity contribution in [2.24, 2.45) is 5.73 Å². The number of fused-ring (bicyclic) bond motifs is 2. The molecule has 178 valence electrons. The first-order chi connectivity index (χ1) is 17.0. The summed E-state index contributed by atoms with van der Waals surface area (Å²) >= 11 is 6.45. The van der Waals surface area contributed by atoms with Gasteiger partial charge < -0.3 is 15.2 Å². The number of halogens is 1. The molecule has 0 radical (unpaired) electrons. The van der Waals surface area contributed by atoms with Crippen molar-refractivity contribution >= 4 is 39.5 Å². The van der Waals surface area contributed by atoms with E-state index >= 15 is 0 Å². The highest BCUT2D eigenvalue weighted by Gasteiger charge is 2.20. The summed E-state index contributed by atoms with van der Waals surface area (Å²) in [5, 5.41) is 5.98. The Morgan fingerprint density at radius 3 is 2.57 bits per heavy atom. The molecule has 2 N–H and O–H groups in total. The van der Waals surface area contributed by atoms with Gasteiger partial charge in [-0.15, -0.1) is 0 Å². The van der Waals surface area contributed by atoms with Crippen LogP contribution in [-0.2, 0) is 13.1 Å². The second kappa shape index (κ2) is 9.44. The molecule has 0 fully saturated rings. The van der Waals surface area contributed by atoms with E-state index in [1.807, 2.05) is 72.0 Å². The molecule has 0 atom stereocenters. The Bertz CT molecular complexity index is 1590. The Labute approximate surface area is 206 Å². The van der Waals surface area contributed by atoms with E-state index in [9.17, 15) is 4.79 Å². The number of anilines is 1. The molecule has 10 heteroatoms. The lowest BCUT2D eigenvalue weighted by molar-refractivity contribution is 0.617. The number of benzene rings is 2. The van der Waals surface area contributed by atoms with Crippen molar-refractivity contribution in [3.05, 3.63) is 87.2 Å². The van der Waals surface area contributed by atoms with Crippen molar-refractivity contribution in [1.82, 2.24) is 29.3 Å². The quantitative estimate of drug-likeness (QED) is 0.375. The van der Waals surface area contributed by atoms with E-state index in [0.29, 0.717) is 47.5 Å². The van der Waals surface area contributed by atoms with Crippen LogP contribution in [0.1, 0.15) is 17.1 Å². The molecule has 2 aromatic carbocycles. The number of aromatic nitrogens is 6. The van der Waals surface area contributed by atoms with Crippen molar-refractivity contribution in [1.29, 1.82) is 0 Å². The van der Waals surface area contributed by atoms with Crippen LogP contribution >= 0.6 is 11.6 Å². The van der Waals surface area contributed by atoms with Crippen LogP contribution in [0.5, 0.6) is 0 Å². The van der Waals surface area contributed by atoms with Gasteiger partial charge in [-0.25, -0.2) is 19.6 Å². The first-order valence-electron chi connectivity index (χ1n) is 11.3. The smallest absolute Gasteiger partial charge is 0.293 e. The van der Waals surface area contributed by atoms with E-state index in [1.54, 1.807) is 6.20 Å². The number of nitrogens with two attached hydrogens (primary N) is 1. The zero-order valence-electron chi connectivity index (χ0n) is 19.5. The van der Waals surface area contributed by atoms with E-state index in [-0.39, 0.29) is 12.1 Å². The molecule has 0 saturated carbocycles. The number of aryl methyl sites for hydroxylation is 1. The summed E-state index contributed by atoms with van der Waals surface area (Å²) in [7, 11) is 1.90. The molecule has 0 spiro atoms. The second-order valence-electron chi connectivity index (χ2n) is 8.38. The number of hydrogen-bond acceptors (Lipinski definition) is 7. The molecule has 9 nitrogen and oxygen atoms in total. The number of likely N-dealkylation sites (N-methyl/N-ethyl adjacent to an activating group) is 1. The van der Waals surface area contributed by atoms with Crippen molar-refractivity contribution in [2.75, 3.05) is 25.0 Å². The molecule has 3 aromatic heterocycles. The lowest BCUT2D eigenvalue weighted by atomic mass is 10.2. The normalized spacial score (nSPS) is 11.4. The molecular formula is C25H25ClN8O. The number of hydrogen-bond donors (Lipinski definition) is 1. The summed E-state index contributed by atoms with van der Waals surface area (Å²) < 4.78 is 3.25. The third-order valence-corrected chi connectivity index (χ3v) is 6.32. The fraction of sp³-hybridized carbons (Fsp3) is 0.240. The Kier molecular flexibility index (Phi) is 6.19. The molecule has 5 aromatic rings. The molecule has 0 unspecified atom stereocenters. The maximum atomic E-state index is 13.7. The lowest BCUT2D eigenvalue weighted by Gasteiger charge is -2.19. The highest BCUT2D eigenvalue weighted by molar-refractivity contribution is 6.31. The Balaban J connectivity index is 1.63. The first kappa shape index (κ1) is 22.9. The van der Waals surface area contributed by atoms with Crippen molar-refractivity contribution in [3.8, 4) is 0 Å². The van der Waals surface area contributed by atoms with Crippen LogP contribution in [0, 0.1) is 6.92 Å². The molecule has 0 bridgehead atoms. The van der Waals surface area contributed by atoms with Gasteiger partial charge in [0.25, 0.3) is 5.56 Å². The van der Waals surface area contributed by atoms with Crippen LogP contribution in [-0.4, -0.2) is 49.4 Å². The number of rotatable bonds is 7. The van der Waals surface area contributed by atoms with E-state index in [2.05, 4.69) is 15.1 Å². The summed E-state index contributed by atoms with van der Waals surface area (Å²) in [5.74, 6) is 1.15. The highest BCUT2D eigenvalue weighted by atomic mass is 35.5. The maximum Gasteiger partial charge on any atom is 0.293 e. The average molecular weight is 489 g/mol. The molecule has 35 heavy (non-hydrogen) atoms. The highest BCUT2D eigenvalue weighted by Crippen LogP contribution is 2.24. The third kappa shape index (κ3) is 4.36. The molecule has 0 aliphatic rings. The SMILES string of the molecule is Cc1nc(Cn2ncc3nc(N(C)CCN)n(Cc4ccccc4Cl)c3c2=O)nc2ccccc12. The monoisotopic (exact) mass is 488 g/mol. The van der Waals surface area contributed by atoms with Crippen LogP contribution < -0.4 is 16.2 Å². The summed E-state index contributed by atoms with van der Waals surface area (Å²) in [6.45, 7) is 3.49. The number of nitrogens with zero attached hydrogens (tertiary/aromatic N) is 7. The van der Waals surface area contributed by atoms with Crippen molar-refractivity contribution < 1.29 is 0 Å². The maximum absolute atomic E-state index is 13.7. The number of imidazole rings is 1. The second-order valence-corrected chi connectivity index (χ2v) is 8.79. The minimum absolute atomic E-state index is 0.145. The van der Waals surface area contributed by atoms with Crippen LogP contribution in [0.2, 0.25) is 5.02 Å². The molecule has 0 saturated heterocycles. The summed E-state index contributed by atoms with van der Waals surface area (Å²) in [5.41, 5.74) is 9.03. The van der Waals surface area contributed by atoms with E-state index in [0.717, 1.165) is 22.2 Å². The Hall–Kier alpha value is -3.82. The molecule has 0 aliphatic carbocycles. The molecule has 3 heterocycles. The predicted octanol–water partition coefficient (Wildman–Crippen LogP) is 2.99. The summed E-state index contributed by atoms with van der Waals surface area (Å²) in [4.78, 5) is 29.6. The predicted molar refractivity (Wildman–Crippen MR) is 138 cm³/mol. The minimum atomic E-state index is -0.274. The Morgan fingerprint density at radius 2 is 1.77 bits per heavy atom. The fourth-order valence-corrected chi connectivity index (χ4v) is 4.41. The molecule has 0 aliphatic heterocycles. The van der Waals surface area contributed by atoms with Gasteiger partial charge in [0.05, 0.1) is 18.3 Å². The third-order valence-electron chi connectivity index (χ3n) is 5.95. The fourth-order valence-electron chi connectivity index (χ4n) is 4.22. The van der Waals surface area contributed by atoms with E-state index in [1.165, 1.54) is 4.68 Å². The lowest BCUT2D eigenvalue weighted by Crippen LogP contribution is -2.29. The number of para-hydroxylation sites is 1. The van der Waals surface area contributed by atoms with Gasteiger partial charge in [0.15, 0.2) is 5.82 Å². The van der Waals surface area contributed by atoms with Gasteiger partial charge in [0, 0.05) is 36.2 Å². The average Bonchev–Trinajstić information content (AvgIpc) is 3.22. The molecule has 5 rings (SSSR count). The van der Waals surface area contributed by atoms with Gasteiger partial charge in [0.1, 0.15) is 17.6 Å². The van der Waals surface area contributed by atoms with E-state index < -0.39 is 0 Å². The topological polar surface area (TPSA) is 108 Å². The van der Waals surface area contributed by atoms with Crippen LogP contribution in [0.25, 0.3) is 21.9 Å². The summed E-state index contributed by atoms with van der Waals surface area (Å²) in [6, 6.07) is 15.4. The molecular weight excluding hydrogens is 464 g/mol. The molecule has 0 amide bonds. The summed E-state index contributed by atoms with van der Waals surface area (Å²) in [6.07, 6.45) is 1.60. The zero-order valence-corrected chi connectivity index (χ0v) is 20.3. The van der Waals surface area contributed by atoms with E-state index in [4.69, 9.17) is 22.3 Å². The van der Waals surface area contributed by atoms with Gasteiger partial charge in [-0.2, -0.15) is 5.10 Å². The van der Waals surface area contributed by atoms with Crippen LogP contribution in [0.15, 0.2) is 59.5 Å². The van der Waals surface area contributed by atoms with Crippen molar-refractivity contribution in [2.45, 2.75) is 20.0 Å². The first-order valence-corrected chi connectivity index (χ1v) is 11.7. The van der Waals surface area contributed by atoms with Gasteiger partial charge in [0.2, 0.25) is 5.95 Å². The Morgan fingerprint density at radius 1 is 1.00 bits per heavy atom. The van der Waals surface area contributed by atoms with Gasteiger partial charge in [-0.1, -0.05) is 48.0 Å². The van der Waals surface area contributed by atoms with Gasteiger partial charge in [-0.05, 0) is 24.6 Å². The standard InChI is InChI=1S/C25H25ClN8O/c1-16-18-8-4-6-10-20(18)30-22(29-16)15-34-24(35)23-21(13-28-34)31-25(32(2)12-11-27)33(23)14-17-7-3-5-9-19(17)26/h3-10,13H,11-12,14-15,27H2,1-2H3. The largest absolute Gasteiger partial charge is 0.344 e. The van der Waals surface area contributed by atoms with Crippen LogP contribution in [0.3, 0.4) is 0 Å². The minimum Gasteiger partial charge on any atom is -0.344 e. The van der Waals surface area contributed by atoms with Crippen LogP contribution in [0.4, 0.5) is 5.95 Å². The van der Waals surface area contributed by atoms with Gasteiger partial charge in [-0.3, -0.25) is 4.79 Å². The van der Waals surface area contributed by atoms with Crippen molar-refractivity contribution in [3.63, 3.8) is 0 Å².